The molecule has 4 atom stereocenters. The minimum absolute atomic E-state index is 0.0168. The Morgan fingerprint density at radius 3 is 2.53 bits per heavy atom. The molecule has 0 aromatic carbocycles. The first-order valence-corrected chi connectivity index (χ1v) is 10.8. The van der Waals surface area contributed by atoms with Crippen molar-refractivity contribution in [2.75, 3.05) is 7.11 Å². The van der Waals surface area contributed by atoms with Gasteiger partial charge >= 0.3 is 12.1 Å². The molecule has 2 aliphatic rings. The average molecular weight is 448 g/mol. The maximum Gasteiger partial charge on any atom is 0.417 e. The van der Waals surface area contributed by atoms with Crippen LogP contribution in [0.3, 0.4) is 0 Å². The van der Waals surface area contributed by atoms with E-state index < -0.39 is 43.9 Å². The number of sulfonamides is 1. The van der Waals surface area contributed by atoms with Crippen molar-refractivity contribution in [2.24, 2.45) is 11.8 Å². The van der Waals surface area contributed by atoms with Crippen LogP contribution in [0, 0.1) is 11.8 Å². The molecular formula is C19H23F3N2O5S. The zero-order chi connectivity index (χ0) is 22.5. The first-order chi connectivity index (χ1) is 13.7. The van der Waals surface area contributed by atoms with Crippen LogP contribution < -0.4 is 4.72 Å². The molecule has 30 heavy (non-hydrogen) atoms. The Hall–Kier alpha value is -1.98. The Morgan fingerprint density at radius 2 is 2.00 bits per heavy atom. The third-order valence-electron chi connectivity index (χ3n) is 6.00. The van der Waals surface area contributed by atoms with Crippen molar-refractivity contribution in [3.8, 4) is 0 Å². The van der Waals surface area contributed by atoms with Gasteiger partial charge in [0, 0.05) is 11.7 Å². The normalized spacial score (nSPS) is 31.8. The molecule has 2 aliphatic carbocycles. The fraction of sp³-hybridized carbons (Fsp3) is 0.579. The van der Waals surface area contributed by atoms with Gasteiger partial charge in [-0.2, -0.15) is 13.2 Å². The summed E-state index contributed by atoms with van der Waals surface area (Å²) in [6, 6.07) is 1.41. The largest absolute Gasteiger partial charge is 0.466 e. The van der Waals surface area contributed by atoms with E-state index in [-0.39, 0.29) is 23.8 Å². The van der Waals surface area contributed by atoms with Crippen LogP contribution in [0.2, 0.25) is 0 Å². The zero-order valence-corrected chi connectivity index (χ0v) is 17.5. The number of ether oxygens (including phenoxy) is 1. The highest BCUT2D eigenvalue weighted by molar-refractivity contribution is 7.89. The monoisotopic (exact) mass is 448 g/mol. The predicted molar refractivity (Wildman–Crippen MR) is 99.5 cm³/mol. The van der Waals surface area contributed by atoms with Crippen molar-refractivity contribution in [3.05, 3.63) is 35.5 Å². The van der Waals surface area contributed by atoms with Crippen LogP contribution in [-0.4, -0.2) is 42.7 Å². The summed E-state index contributed by atoms with van der Waals surface area (Å²) in [4.78, 5) is 15.8. The maximum atomic E-state index is 12.8. The number of fused-ring (bicyclic) bond motifs is 1. The Labute approximate surface area is 172 Å². The zero-order valence-electron chi connectivity index (χ0n) is 16.7. The topological polar surface area (TPSA) is 106 Å². The first kappa shape index (κ1) is 22.7. The number of halogens is 3. The molecule has 1 saturated carbocycles. The number of carbonyl (C=O) groups excluding carboxylic acids is 1. The van der Waals surface area contributed by atoms with E-state index in [0.29, 0.717) is 25.1 Å². The molecule has 3 rings (SSSR count). The molecule has 1 aromatic heterocycles. The molecule has 0 saturated heterocycles. The van der Waals surface area contributed by atoms with Gasteiger partial charge < -0.3 is 9.84 Å². The minimum atomic E-state index is -4.64. The molecule has 2 N–H and O–H groups in total. The van der Waals surface area contributed by atoms with Crippen LogP contribution in [0.15, 0.2) is 35.0 Å². The van der Waals surface area contributed by atoms with Crippen molar-refractivity contribution in [3.63, 3.8) is 0 Å². The molecule has 0 radical (unpaired) electrons. The van der Waals surface area contributed by atoms with Gasteiger partial charge in [-0.25, -0.2) is 22.9 Å². The number of hydrogen-bond donors (Lipinski definition) is 2. The molecule has 166 valence electrons. The minimum Gasteiger partial charge on any atom is -0.466 e. The second-order valence-electron chi connectivity index (χ2n) is 8.16. The van der Waals surface area contributed by atoms with Crippen LogP contribution in [0.25, 0.3) is 0 Å². The van der Waals surface area contributed by atoms with Gasteiger partial charge in [0.1, 0.15) is 5.60 Å². The molecule has 0 spiro atoms. The molecule has 11 heteroatoms. The molecule has 0 aliphatic heterocycles. The lowest BCUT2D eigenvalue weighted by Crippen LogP contribution is -2.56. The average Bonchev–Trinajstić information content (AvgIpc) is 2.94. The molecular weight excluding hydrogens is 425 g/mol. The van der Waals surface area contributed by atoms with Crippen molar-refractivity contribution >= 4 is 16.0 Å². The van der Waals surface area contributed by atoms with Gasteiger partial charge in [0.2, 0.25) is 0 Å². The fourth-order valence-electron chi connectivity index (χ4n) is 4.51. The lowest BCUT2D eigenvalue weighted by Gasteiger charge is -2.44. The predicted octanol–water partition coefficient (Wildman–Crippen LogP) is 2.42. The molecule has 1 heterocycles. The highest BCUT2D eigenvalue weighted by Gasteiger charge is 2.57. The quantitative estimate of drug-likeness (QED) is 0.686. The third-order valence-corrected chi connectivity index (χ3v) is 7.53. The SMILES string of the molecule is COC(=O)C1=C[C@](C)(NS(=O)(=O)c2ccc(C(F)(F)F)cn2)CC2CC[C@@H](C)[C@@]12O. The number of hydrogen-bond acceptors (Lipinski definition) is 6. The number of rotatable bonds is 4. The van der Waals surface area contributed by atoms with Gasteiger partial charge in [0.15, 0.2) is 5.03 Å². The summed E-state index contributed by atoms with van der Waals surface area (Å²) in [5.74, 6) is -1.36. The summed E-state index contributed by atoms with van der Waals surface area (Å²) >= 11 is 0. The Bertz CT molecular complexity index is 977. The van der Waals surface area contributed by atoms with E-state index >= 15 is 0 Å². The van der Waals surface area contributed by atoms with Gasteiger partial charge in [-0.05, 0) is 50.2 Å². The Balaban J connectivity index is 1.96. The van der Waals surface area contributed by atoms with E-state index in [1.807, 2.05) is 6.92 Å². The first-order valence-electron chi connectivity index (χ1n) is 9.34. The van der Waals surface area contributed by atoms with Gasteiger partial charge in [0.25, 0.3) is 10.0 Å². The van der Waals surface area contributed by atoms with Crippen molar-refractivity contribution in [1.29, 1.82) is 0 Å². The third kappa shape index (κ3) is 3.85. The van der Waals surface area contributed by atoms with Crippen molar-refractivity contribution in [1.82, 2.24) is 9.71 Å². The molecule has 0 bridgehead atoms. The van der Waals surface area contributed by atoms with E-state index in [1.54, 1.807) is 6.92 Å². The van der Waals surface area contributed by atoms with E-state index in [0.717, 1.165) is 6.07 Å². The van der Waals surface area contributed by atoms with Gasteiger partial charge in [0.05, 0.1) is 18.2 Å². The van der Waals surface area contributed by atoms with Crippen LogP contribution in [0.1, 0.15) is 38.7 Å². The molecule has 1 unspecified atom stereocenters. The molecule has 1 fully saturated rings. The number of carbonyl (C=O) groups is 1. The summed E-state index contributed by atoms with van der Waals surface area (Å²) in [7, 11) is -3.14. The van der Waals surface area contributed by atoms with Gasteiger partial charge in [-0.1, -0.05) is 13.0 Å². The smallest absolute Gasteiger partial charge is 0.417 e. The number of aromatic nitrogens is 1. The van der Waals surface area contributed by atoms with Crippen LogP contribution >= 0.6 is 0 Å². The lowest BCUT2D eigenvalue weighted by atomic mass is 9.68. The summed E-state index contributed by atoms with van der Waals surface area (Å²) in [5.41, 5.74) is -3.78. The van der Waals surface area contributed by atoms with Crippen LogP contribution in [0.5, 0.6) is 0 Å². The number of pyridine rings is 1. The van der Waals surface area contributed by atoms with Crippen molar-refractivity contribution < 1.29 is 36.2 Å². The van der Waals surface area contributed by atoms with E-state index in [4.69, 9.17) is 4.74 Å². The van der Waals surface area contributed by atoms with E-state index in [1.165, 1.54) is 13.2 Å². The number of alkyl halides is 3. The van der Waals surface area contributed by atoms with Gasteiger partial charge in [-0.15, -0.1) is 0 Å². The molecule has 1 aromatic rings. The number of nitrogens with one attached hydrogen (secondary N) is 1. The number of nitrogens with zero attached hydrogens (tertiary/aromatic N) is 1. The Morgan fingerprint density at radius 1 is 1.33 bits per heavy atom. The maximum absolute atomic E-state index is 12.8. The standard InChI is InChI=1S/C19H23F3N2O5S/c1-11-4-5-12-8-17(2,9-14(16(25)29-3)18(11,12)26)24-30(27,28)15-7-6-13(10-23-15)19(20,21)22/h6-7,9-12,24,26H,4-5,8H2,1-3H3/t11-,12?,17-,18+/m1/s1. The highest BCUT2D eigenvalue weighted by Crippen LogP contribution is 2.52. The second kappa shape index (κ2) is 7.31. The summed E-state index contributed by atoms with van der Waals surface area (Å²) in [5, 5.41) is 10.7. The number of aliphatic hydroxyl groups is 1. The number of esters is 1. The van der Waals surface area contributed by atoms with E-state index in [9.17, 15) is 31.5 Å². The van der Waals surface area contributed by atoms with E-state index in [2.05, 4.69) is 9.71 Å². The summed E-state index contributed by atoms with van der Waals surface area (Å²) < 4.78 is 70.9. The Kier molecular flexibility index (Phi) is 5.53. The molecule has 0 amide bonds. The highest BCUT2D eigenvalue weighted by atomic mass is 32.2. The van der Waals surface area contributed by atoms with Gasteiger partial charge in [-0.3, -0.25) is 0 Å². The summed E-state index contributed by atoms with van der Waals surface area (Å²) in [6.07, 6.45) is -1.40. The fourth-order valence-corrected chi connectivity index (χ4v) is 5.81. The summed E-state index contributed by atoms with van der Waals surface area (Å²) in [6.45, 7) is 3.36. The van der Waals surface area contributed by atoms with Crippen LogP contribution in [0.4, 0.5) is 13.2 Å². The van der Waals surface area contributed by atoms with Crippen LogP contribution in [-0.2, 0) is 25.7 Å². The van der Waals surface area contributed by atoms with Crippen molar-refractivity contribution in [2.45, 2.75) is 55.5 Å². The molecule has 7 nitrogen and oxygen atoms in total. The lowest BCUT2D eigenvalue weighted by molar-refractivity contribution is -0.141. The second-order valence-corrected chi connectivity index (χ2v) is 9.79. The number of methoxy groups -OCH3 is 1.